The third-order valence-electron chi connectivity index (χ3n) is 5.19. The number of guanidine groups is 1. The second kappa shape index (κ2) is 8.82. The van der Waals surface area contributed by atoms with Crippen molar-refractivity contribution < 1.29 is 4.79 Å². The van der Waals surface area contributed by atoms with Gasteiger partial charge in [-0.3, -0.25) is 9.79 Å². The van der Waals surface area contributed by atoms with Crippen LogP contribution in [0.4, 0.5) is 5.69 Å². The number of anilines is 1. The zero-order valence-corrected chi connectivity index (χ0v) is 16.7. The molecule has 29 heavy (non-hydrogen) atoms. The van der Waals surface area contributed by atoms with Gasteiger partial charge in [-0.1, -0.05) is 36.4 Å². The van der Waals surface area contributed by atoms with Crippen molar-refractivity contribution in [3.8, 4) is 0 Å². The first-order valence-corrected chi connectivity index (χ1v) is 10.2. The number of rotatable bonds is 6. The Kier molecular flexibility index (Phi) is 5.79. The lowest BCUT2D eigenvalue weighted by Crippen LogP contribution is -2.39. The number of aromatic nitrogens is 1. The Balaban J connectivity index is 1.38. The molecule has 1 aromatic heterocycles. The van der Waals surface area contributed by atoms with Crippen molar-refractivity contribution in [1.29, 1.82) is 0 Å². The molecule has 3 aromatic rings. The monoisotopic (exact) mass is 389 g/mol. The normalized spacial score (nSPS) is 16.4. The summed E-state index contributed by atoms with van der Waals surface area (Å²) in [6.07, 6.45) is 1.35. The van der Waals surface area contributed by atoms with Crippen LogP contribution >= 0.6 is 0 Å². The summed E-state index contributed by atoms with van der Waals surface area (Å²) in [4.78, 5) is 20.2. The summed E-state index contributed by atoms with van der Waals surface area (Å²) >= 11 is 0. The molecule has 4 N–H and O–H groups in total. The van der Waals surface area contributed by atoms with Crippen molar-refractivity contribution in [3.05, 3.63) is 65.9 Å². The van der Waals surface area contributed by atoms with E-state index in [9.17, 15) is 4.79 Å². The molecule has 0 saturated heterocycles. The van der Waals surface area contributed by atoms with Crippen LogP contribution in [0.5, 0.6) is 0 Å². The van der Waals surface area contributed by atoms with Crippen LogP contribution in [-0.2, 0) is 11.2 Å². The van der Waals surface area contributed by atoms with Gasteiger partial charge in [-0.25, -0.2) is 0 Å². The van der Waals surface area contributed by atoms with Crippen LogP contribution in [-0.4, -0.2) is 36.5 Å². The number of aromatic amines is 1. The van der Waals surface area contributed by atoms with Crippen molar-refractivity contribution in [2.24, 2.45) is 4.99 Å². The van der Waals surface area contributed by atoms with E-state index in [2.05, 4.69) is 58.2 Å². The Bertz CT molecular complexity index is 990. The molecule has 1 aliphatic rings. The highest BCUT2D eigenvalue weighted by Crippen LogP contribution is 2.31. The van der Waals surface area contributed by atoms with Gasteiger partial charge in [0.1, 0.15) is 0 Å². The van der Waals surface area contributed by atoms with E-state index in [1.807, 2.05) is 24.3 Å². The topological polar surface area (TPSA) is 81.3 Å². The molecule has 6 nitrogen and oxygen atoms in total. The van der Waals surface area contributed by atoms with Crippen LogP contribution in [0.1, 0.15) is 30.5 Å². The smallest absolute Gasteiger partial charge is 0.225 e. The molecule has 0 saturated carbocycles. The Morgan fingerprint density at radius 3 is 2.83 bits per heavy atom. The number of carbonyl (C=O) groups is 1. The van der Waals surface area contributed by atoms with E-state index < -0.39 is 0 Å². The number of aliphatic imine (C=N–C) groups is 1. The van der Waals surface area contributed by atoms with Crippen LogP contribution in [0.15, 0.2) is 59.6 Å². The van der Waals surface area contributed by atoms with Crippen LogP contribution in [0, 0.1) is 0 Å². The number of carbonyl (C=O) groups excluding carboxylic acids is 1. The Hall–Kier alpha value is -3.28. The summed E-state index contributed by atoms with van der Waals surface area (Å²) in [5, 5.41) is 10.9. The van der Waals surface area contributed by atoms with Crippen molar-refractivity contribution in [2.75, 3.05) is 25.0 Å². The fraction of sp³-hybridized carbons (Fsp3) is 0.304. The van der Waals surface area contributed by atoms with E-state index in [0.717, 1.165) is 42.2 Å². The number of H-pyrrole nitrogens is 1. The van der Waals surface area contributed by atoms with E-state index in [1.54, 1.807) is 0 Å². The minimum Gasteiger partial charge on any atom is -0.358 e. The third-order valence-corrected chi connectivity index (χ3v) is 5.19. The highest BCUT2D eigenvalue weighted by Gasteiger charge is 2.24. The molecule has 1 atom stereocenters. The van der Waals surface area contributed by atoms with Gasteiger partial charge in [-0.05, 0) is 36.1 Å². The quantitative estimate of drug-likeness (QED) is 0.385. The lowest BCUT2D eigenvalue weighted by molar-refractivity contribution is -0.116. The molecule has 6 heteroatoms. The minimum absolute atomic E-state index is 0.0562. The maximum absolute atomic E-state index is 12.0. The summed E-state index contributed by atoms with van der Waals surface area (Å²) < 4.78 is 0. The second-order valence-corrected chi connectivity index (χ2v) is 7.31. The molecule has 4 rings (SSSR count). The van der Waals surface area contributed by atoms with E-state index >= 15 is 0 Å². The number of nitrogens with one attached hydrogen (secondary N) is 4. The predicted molar refractivity (Wildman–Crippen MR) is 118 cm³/mol. The highest BCUT2D eigenvalue weighted by molar-refractivity contribution is 5.94. The Morgan fingerprint density at radius 1 is 1.14 bits per heavy atom. The summed E-state index contributed by atoms with van der Waals surface area (Å²) in [7, 11) is 0. The summed E-state index contributed by atoms with van der Waals surface area (Å²) in [6, 6.07) is 18.5. The first-order valence-electron chi connectivity index (χ1n) is 10.2. The van der Waals surface area contributed by atoms with Crippen molar-refractivity contribution in [1.82, 2.24) is 15.6 Å². The van der Waals surface area contributed by atoms with Gasteiger partial charge in [0.15, 0.2) is 5.96 Å². The van der Waals surface area contributed by atoms with E-state index in [0.29, 0.717) is 13.0 Å². The molecule has 0 spiro atoms. The average Bonchev–Trinajstić information content (AvgIpc) is 3.14. The van der Waals surface area contributed by atoms with Crippen LogP contribution in [0.25, 0.3) is 10.9 Å². The lowest BCUT2D eigenvalue weighted by atomic mass is 9.91. The van der Waals surface area contributed by atoms with Crippen molar-refractivity contribution in [2.45, 2.75) is 25.7 Å². The maximum atomic E-state index is 12.0. The molecule has 0 aliphatic carbocycles. The van der Waals surface area contributed by atoms with E-state index in [4.69, 9.17) is 4.99 Å². The number of amides is 1. The van der Waals surface area contributed by atoms with Gasteiger partial charge in [0.25, 0.3) is 0 Å². The zero-order valence-electron chi connectivity index (χ0n) is 16.7. The Morgan fingerprint density at radius 2 is 1.97 bits per heavy atom. The maximum Gasteiger partial charge on any atom is 0.225 e. The first kappa shape index (κ1) is 19.1. The number of para-hydroxylation sites is 2. The fourth-order valence-electron chi connectivity index (χ4n) is 3.79. The highest BCUT2D eigenvalue weighted by atomic mass is 16.1. The minimum atomic E-state index is 0.0562. The summed E-state index contributed by atoms with van der Waals surface area (Å²) in [6.45, 7) is 4.20. The molecule has 0 radical (unpaired) electrons. The summed E-state index contributed by atoms with van der Waals surface area (Å²) in [5.74, 6) is 0.942. The van der Waals surface area contributed by atoms with Gasteiger partial charge in [0, 0.05) is 48.7 Å². The van der Waals surface area contributed by atoms with Gasteiger partial charge in [0.2, 0.25) is 5.91 Å². The summed E-state index contributed by atoms with van der Waals surface area (Å²) in [5.41, 5.74) is 4.43. The molecular formula is C23H27N5O. The van der Waals surface area contributed by atoms with Crippen LogP contribution in [0.3, 0.4) is 0 Å². The third kappa shape index (κ3) is 4.59. The molecule has 0 bridgehead atoms. The average molecular weight is 390 g/mol. The van der Waals surface area contributed by atoms with Crippen LogP contribution in [0.2, 0.25) is 0 Å². The molecule has 0 fully saturated rings. The number of hydrogen-bond acceptors (Lipinski definition) is 2. The molecule has 150 valence electrons. The SMILES string of the molecule is CCNC(=NCC1CC(=O)Nc2ccccc21)NCCc1cc2ccccc2[nH]1. The number of hydrogen-bond donors (Lipinski definition) is 4. The van der Waals surface area contributed by atoms with Gasteiger partial charge in [-0.15, -0.1) is 0 Å². The molecule has 2 aromatic carbocycles. The number of nitrogens with zero attached hydrogens (tertiary/aromatic N) is 1. The Labute approximate surface area is 170 Å². The number of fused-ring (bicyclic) bond motifs is 2. The molecule has 1 amide bonds. The van der Waals surface area contributed by atoms with Crippen LogP contribution < -0.4 is 16.0 Å². The van der Waals surface area contributed by atoms with Gasteiger partial charge >= 0.3 is 0 Å². The molecule has 1 unspecified atom stereocenters. The van der Waals surface area contributed by atoms with Gasteiger partial charge in [-0.2, -0.15) is 0 Å². The molecule has 2 heterocycles. The van der Waals surface area contributed by atoms with E-state index in [1.165, 1.54) is 11.1 Å². The lowest BCUT2D eigenvalue weighted by Gasteiger charge is -2.24. The second-order valence-electron chi connectivity index (χ2n) is 7.31. The van der Waals surface area contributed by atoms with Crippen molar-refractivity contribution >= 4 is 28.5 Å². The van der Waals surface area contributed by atoms with Gasteiger partial charge in [0.05, 0.1) is 6.54 Å². The molecular weight excluding hydrogens is 362 g/mol. The fourth-order valence-corrected chi connectivity index (χ4v) is 3.79. The van der Waals surface area contributed by atoms with E-state index in [-0.39, 0.29) is 11.8 Å². The van der Waals surface area contributed by atoms with Crippen molar-refractivity contribution in [3.63, 3.8) is 0 Å². The standard InChI is InChI=1S/C23H27N5O/c1-2-24-23(25-12-11-18-13-16-7-3-5-9-20(16)27-18)26-15-17-14-22(29)28-21-10-6-4-8-19(17)21/h3-10,13,17,27H,2,11-12,14-15H2,1H3,(H,28,29)(H2,24,25,26). The largest absolute Gasteiger partial charge is 0.358 e. The molecule has 1 aliphatic heterocycles. The zero-order chi connectivity index (χ0) is 20.1. The number of benzene rings is 2. The van der Waals surface area contributed by atoms with Gasteiger partial charge < -0.3 is 20.9 Å². The predicted octanol–water partition coefficient (Wildman–Crippen LogP) is 3.39. The first-order chi connectivity index (χ1) is 14.2.